The summed E-state index contributed by atoms with van der Waals surface area (Å²) in [6.07, 6.45) is 0.889. The Labute approximate surface area is 104 Å². The molecule has 84 valence electrons. The summed E-state index contributed by atoms with van der Waals surface area (Å²) in [7, 11) is 0. The molecule has 3 heteroatoms. The number of hydrogen-bond donors (Lipinski definition) is 1. The molecule has 0 aliphatic heterocycles. The predicted molar refractivity (Wildman–Crippen MR) is 73.3 cm³/mol. The van der Waals surface area contributed by atoms with E-state index in [1.54, 1.807) is 11.3 Å². The third kappa shape index (κ3) is 2.15. The monoisotopic (exact) mass is 240 g/mol. The minimum Gasteiger partial charge on any atom is -0.399 e. The molecule has 2 nitrogen and oxygen atoms in total. The van der Waals surface area contributed by atoms with Crippen LogP contribution in [0.1, 0.15) is 10.6 Å². The summed E-state index contributed by atoms with van der Waals surface area (Å²) in [5.74, 6) is 0. The van der Waals surface area contributed by atoms with E-state index in [-0.39, 0.29) is 0 Å². The van der Waals surface area contributed by atoms with E-state index in [1.165, 1.54) is 5.56 Å². The minimum atomic E-state index is 0.799. The van der Waals surface area contributed by atoms with Gasteiger partial charge in [0.05, 0.1) is 15.2 Å². The highest BCUT2D eigenvalue weighted by Gasteiger charge is 2.04. The van der Waals surface area contributed by atoms with Crippen molar-refractivity contribution < 1.29 is 0 Å². The van der Waals surface area contributed by atoms with Crippen LogP contribution in [0.25, 0.3) is 10.2 Å². The number of fused-ring (bicyclic) bond motifs is 1. The van der Waals surface area contributed by atoms with E-state index < -0.39 is 0 Å². The number of nitrogen functional groups attached to an aromatic ring is 1. The maximum Gasteiger partial charge on any atom is 0.0982 e. The van der Waals surface area contributed by atoms with E-state index in [2.05, 4.69) is 29.2 Å². The van der Waals surface area contributed by atoms with Crippen molar-refractivity contribution in [3.8, 4) is 0 Å². The molecule has 0 unspecified atom stereocenters. The lowest BCUT2D eigenvalue weighted by molar-refractivity contribution is 1.16. The summed E-state index contributed by atoms with van der Waals surface area (Å²) in [6.45, 7) is 0. The second kappa shape index (κ2) is 4.18. The van der Waals surface area contributed by atoms with Gasteiger partial charge in [0.15, 0.2) is 0 Å². The largest absolute Gasteiger partial charge is 0.399 e. The lowest BCUT2D eigenvalue weighted by Gasteiger charge is -1.95. The second-order valence-electron chi connectivity index (χ2n) is 4.00. The van der Waals surface area contributed by atoms with Gasteiger partial charge in [0, 0.05) is 12.1 Å². The molecule has 1 aromatic heterocycles. The molecule has 2 aromatic carbocycles. The first kappa shape index (κ1) is 10.3. The van der Waals surface area contributed by atoms with Crippen LogP contribution in [0.3, 0.4) is 0 Å². The molecule has 0 spiro atoms. The first-order chi connectivity index (χ1) is 8.31. The molecule has 0 aliphatic carbocycles. The van der Waals surface area contributed by atoms with Crippen molar-refractivity contribution in [2.24, 2.45) is 0 Å². The number of benzene rings is 2. The van der Waals surface area contributed by atoms with Crippen LogP contribution in [0.2, 0.25) is 0 Å². The summed E-state index contributed by atoms with van der Waals surface area (Å²) in [6, 6.07) is 16.3. The average Bonchev–Trinajstić information content (AvgIpc) is 2.71. The van der Waals surface area contributed by atoms with Crippen LogP contribution in [0.5, 0.6) is 0 Å². The van der Waals surface area contributed by atoms with Crippen LogP contribution in [0.15, 0.2) is 48.5 Å². The van der Waals surface area contributed by atoms with E-state index >= 15 is 0 Å². The molecule has 17 heavy (non-hydrogen) atoms. The number of nitrogens with zero attached hydrogens (tertiary/aromatic N) is 1. The zero-order valence-corrected chi connectivity index (χ0v) is 10.1. The number of rotatable bonds is 2. The van der Waals surface area contributed by atoms with Crippen LogP contribution in [-0.4, -0.2) is 4.98 Å². The Morgan fingerprint density at radius 2 is 1.88 bits per heavy atom. The van der Waals surface area contributed by atoms with Gasteiger partial charge in [0.2, 0.25) is 0 Å². The summed E-state index contributed by atoms with van der Waals surface area (Å²) < 4.78 is 1.16. The molecular formula is C14H12N2S. The highest BCUT2D eigenvalue weighted by atomic mass is 32.1. The molecule has 0 saturated heterocycles. The highest BCUT2D eigenvalue weighted by molar-refractivity contribution is 7.18. The van der Waals surface area contributed by atoms with E-state index in [4.69, 9.17) is 5.73 Å². The van der Waals surface area contributed by atoms with Crippen molar-refractivity contribution in [1.82, 2.24) is 4.98 Å². The molecule has 0 bridgehead atoms. The van der Waals surface area contributed by atoms with Crippen molar-refractivity contribution in [2.75, 3.05) is 5.73 Å². The van der Waals surface area contributed by atoms with Crippen molar-refractivity contribution in [1.29, 1.82) is 0 Å². The Balaban J connectivity index is 1.96. The van der Waals surface area contributed by atoms with Gasteiger partial charge in [-0.3, -0.25) is 0 Å². The van der Waals surface area contributed by atoms with Crippen molar-refractivity contribution in [3.05, 3.63) is 59.1 Å². The lowest BCUT2D eigenvalue weighted by Crippen LogP contribution is -1.85. The fraction of sp³-hybridized carbons (Fsp3) is 0.0714. The van der Waals surface area contributed by atoms with Gasteiger partial charge in [-0.05, 0) is 23.8 Å². The third-order valence-electron chi connectivity index (χ3n) is 2.65. The van der Waals surface area contributed by atoms with Crippen LogP contribution in [0, 0.1) is 0 Å². The highest BCUT2D eigenvalue weighted by Crippen LogP contribution is 2.25. The predicted octanol–water partition coefficient (Wildman–Crippen LogP) is 3.47. The molecule has 2 N–H and O–H groups in total. The van der Waals surface area contributed by atoms with Crippen molar-refractivity contribution in [2.45, 2.75) is 6.42 Å². The van der Waals surface area contributed by atoms with E-state index in [0.717, 1.165) is 27.3 Å². The van der Waals surface area contributed by atoms with Gasteiger partial charge in [-0.2, -0.15) is 0 Å². The first-order valence-corrected chi connectivity index (χ1v) is 6.32. The van der Waals surface area contributed by atoms with Crippen LogP contribution in [0.4, 0.5) is 5.69 Å². The third-order valence-corrected chi connectivity index (χ3v) is 3.67. The molecule has 1 heterocycles. The van der Waals surface area contributed by atoms with Gasteiger partial charge in [0.25, 0.3) is 0 Å². The number of thiazole rings is 1. The molecule has 0 amide bonds. The van der Waals surface area contributed by atoms with Crippen molar-refractivity contribution >= 4 is 27.2 Å². The van der Waals surface area contributed by atoms with Crippen LogP contribution >= 0.6 is 11.3 Å². The summed E-state index contributed by atoms with van der Waals surface area (Å²) >= 11 is 1.72. The molecular weight excluding hydrogens is 228 g/mol. The number of nitrogens with two attached hydrogens (primary N) is 1. The number of hydrogen-bond acceptors (Lipinski definition) is 3. The standard InChI is InChI=1S/C14H12N2S/c15-11-6-7-12-13(9-11)17-14(16-12)8-10-4-2-1-3-5-10/h1-7,9H,8,15H2. The van der Waals surface area contributed by atoms with Gasteiger partial charge in [0.1, 0.15) is 0 Å². The summed E-state index contributed by atoms with van der Waals surface area (Å²) in [4.78, 5) is 4.61. The lowest BCUT2D eigenvalue weighted by atomic mass is 10.2. The van der Waals surface area contributed by atoms with E-state index in [9.17, 15) is 0 Å². The van der Waals surface area contributed by atoms with Gasteiger partial charge in [-0.25, -0.2) is 4.98 Å². The smallest absolute Gasteiger partial charge is 0.0982 e. The molecule has 3 rings (SSSR count). The Bertz CT molecular complexity index is 644. The first-order valence-electron chi connectivity index (χ1n) is 5.50. The molecule has 0 atom stereocenters. The molecule has 3 aromatic rings. The topological polar surface area (TPSA) is 38.9 Å². The SMILES string of the molecule is Nc1ccc2nc(Cc3ccccc3)sc2c1. The van der Waals surface area contributed by atoms with Crippen LogP contribution < -0.4 is 5.73 Å². The Kier molecular flexibility index (Phi) is 2.53. The molecule has 0 saturated carbocycles. The van der Waals surface area contributed by atoms with Gasteiger partial charge in [-0.15, -0.1) is 11.3 Å². The Morgan fingerprint density at radius 1 is 1.06 bits per heavy atom. The summed E-state index contributed by atoms with van der Waals surface area (Å²) in [5.41, 5.74) is 8.89. The zero-order valence-electron chi connectivity index (χ0n) is 9.26. The zero-order chi connectivity index (χ0) is 11.7. The maximum absolute atomic E-state index is 5.76. The fourth-order valence-electron chi connectivity index (χ4n) is 1.84. The normalized spacial score (nSPS) is 10.8. The van der Waals surface area contributed by atoms with E-state index in [1.807, 2.05) is 24.3 Å². The van der Waals surface area contributed by atoms with Crippen molar-refractivity contribution in [3.63, 3.8) is 0 Å². The van der Waals surface area contributed by atoms with Crippen LogP contribution in [-0.2, 0) is 6.42 Å². The fourth-order valence-corrected chi connectivity index (χ4v) is 2.88. The molecule has 0 aliphatic rings. The van der Waals surface area contributed by atoms with E-state index in [0.29, 0.717) is 0 Å². The molecule has 0 radical (unpaired) electrons. The van der Waals surface area contributed by atoms with Gasteiger partial charge >= 0.3 is 0 Å². The van der Waals surface area contributed by atoms with Gasteiger partial charge < -0.3 is 5.73 Å². The molecule has 0 fully saturated rings. The second-order valence-corrected chi connectivity index (χ2v) is 5.11. The Hall–Kier alpha value is -1.87. The number of aromatic nitrogens is 1. The quantitative estimate of drug-likeness (QED) is 0.697. The summed E-state index contributed by atoms with van der Waals surface area (Å²) in [5, 5.41) is 1.14. The number of anilines is 1. The van der Waals surface area contributed by atoms with Gasteiger partial charge in [-0.1, -0.05) is 30.3 Å². The Morgan fingerprint density at radius 3 is 2.71 bits per heavy atom. The average molecular weight is 240 g/mol. The minimum absolute atomic E-state index is 0.799. The maximum atomic E-state index is 5.76.